The highest BCUT2D eigenvalue weighted by atomic mass is 35.5. The fraction of sp³-hybridized carbons (Fsp3) is 0.312. The summed E-state index contributed by atoms with van der Waals surface area (Å²) in [4.78, 5) is 37.5. The van der Waals surface area contributed by atoms with Gasteiger partial charge < -0.3 is 15.8 Å². The number of rotatable bonds is 3. The van der Waals surface area contributed by atoms with Crippen LogP contribution in [-0.2, 0) is 9.53 Å². The van der Waals surface area contributed by atoms with Crippen molar-refractivity contribution in [1.29, 1.82) is 0 Å². The number of nitrogens with two attached hydrogens (primary N) is 1. The van der Waals surface area contributed by atoms with Gasteiger partial charge in [0.15, 0.2) is 0 Å². The van der Waals surface area contributed by atoms with Gasteiger partial charge in [-0.3, -0.25) is 0 Å². The smallest absolute Gasteiger partial charge is 0.338 e. The molecule has 4 amide bonds. The number of hydrogen-bond donors (Lipinski definition) is 2. The molecule has 2 rings (SSSR count). The number of hydrogen-bond acceptors (Lipinski definition) is 4. The molecule has 1 aromatic carbocycles. The molecule has 1 aliphatic heterocycles. The number of primary amides is 1. The molecule has 1 atom stereocenters. The fourth-order valence-electron chi connectivity index (χ4n) is 2.55. The Balaban J connectivity index is 2.72. The van der Waals surface area contributed by atoms with Gasteiger partial charge in [0.2, 0.25) is 0 Å². The quantitative estimate of drug-likeness (QED) is 0.778. The molecule has 1 heterocycles. The molecule has 0 aliphatic carbocycles. The standard InChI is InChI=1S/C16H17Cl2N3O4/c1-7(2)25-14(22)11-8(3)20-16(24)21(15(19)23)13(11)12-9(17)5-4-6-10(12)18/h4-7,13H,1-3H3,(H2,19,23)(H,20,24). The number of urea groups is 2. The van der Waals surface area contributed by atoms with E-state index in [2.05, 4.69) is 5.32 Å². The van der Waals surface area contributed by atoms with Crippen LogP contribution in [0, 0.1) is 0 Å². The highest BCUT2D eigenvalue weighted by Gasteiger charge is 2.43. The summed E-state index contributed by atoms with van der Waals surface area (Å²) in [6.45, 7) is 4.88. The zero-order chi connectivity index (χ0) is 18.9. The number of nitrogens with zero attached hydrogens (tertiary/aromatic N) is 1. The van der Waals surface area contributed by atoms with Crippen molar-refractivity contribution >= 4 is 41.2 Å². The van der Waals surface area contributed by atoms with Crippen molar-refractivity contribution in [3.8, 4) is 0 Å². The van der Waals surface area contributed by atoms with Gasteiger partial charge in [0.1, 0.15) is 6.04 Å². The Morgan fingerprint density at radius 3 is 2.32 bits per heavy atom. The first-order valence-corrected chi connectivity index (χ1v) is 8.16. The van der Waals surface area contributed by atoms with E-state index in [-0.39, 0.29) is 26.9 Å². The molecule has 0 saturated carbocycles. The average Bonchev–Trinajstić information content (AvgIpc) is 2.45. The zero-order valence-electron chi connectivity index (χ0n) is 13.8. The lowest BCUT2D eigenvalue weighted by molar-refractivity contribution is -0.143. The van der Waals surface area contributed by atoms with E-state index < -0.39 is 30.2 Å². The van der Waals surface area contributed by atoms with Crippen LogP contribution in [0.15, 0.2) is 29.5 Å². The van der Waals surface area contributed by atoms with Gasteiger partial charge in [0.25, 0.3) is 0 Å². The fourth-order valence-corrected chi connectivity index (χ4v) is 3.16. The summed E-state index contributed by atoms with van der Waals surface area (Å²) in [7, 11) is 0. The molecule has 0 radical (unpaired) electrons. The van der Waals surface area contributed by atoms with Gasteiger partial charge in [-0.05, 0) is 32.9 Å². The van der Waals surface area contributed by atoms with Crippen molar-refractivity contribution in [1.82, 2.24) is 10.2 Å². The van der Waals surface area contributed by atoms with Crippen LogP contribution in [0.25, 0.3) is 0 Å². The molecule has 1 aromatic rings. The molecular formula is C16H17Cl2N3O4. The molecule has 0 saturated heterocycles. The molecular weight excluding hydrogens is 369 g/mol. The van der Waals surface area contributed by atoms with Crippen LogP contribution < -0.4 is 11.1 Å². The molecule has 134 valence electrons. The lowest BCUT2D eigenvalue weighted by Gasteiger charge is -2.36. The highest BCUT2D eigenvalue weighted by Crippen LogP contribution is 2.41. The summed E-state index contributed by atoms with van der Waals surface area (Å²) in [5, 5.41) is 2.80. The van der Waals surface area contributed by atoms with E-state index in [9.17, 15) is 14.4 Å². The van der Waals surface area contributed by atoms with Crippen LogP contribution in [0.2, 0.25) is 10.0 Å². The first-order valence-electron chi connectivity index (χ1n) is 7.40. The number of halogens is 2. The van der Waals surface area contributed by atoms with Gasteiger partial charge in [0.05, 0.1) is 11.7 Å². The van der Waals surface area contributed by atoms with Crippen LogP contribution in [0.4, 0.5) is 9.59 Å². The Kier molecular flexibility index (Phi) is 5.59. The van der Waals surface area contributed by atoms with Crippen LogP contribution in [-0.4, -0.2) is 29.0 Å². The van der Waals surface area contributed by atoms with E-state index in [1.165, 1.54) is 19.1 Å². The summed E-state index contributed by atoms with van der Waals surface area (Å²) in [6, 6.07) is 1.64. The Morgan fingerprint density at radius 2 is 1.84 bits per heavy atom. The monoisotopic (exact) mass is 385 g/mol. The van der Waals surface area contributed by atoms with Gasteiger partial charge in [-0.25, -0.2) is 19.3 Å². The van der Waals surface area contributed by atoms with E-state index in [4.69, 9.17) is 33.7 Å². The van der Waals surface area contributed by atoms with E-state index >= 15 is 0 Å². The van der Waals surface area contributed by atoms with Crippen LogP contribution >= 0.6 is 23.2 Å². The third-order valence-corrected chi connectivity index (χ3v) is 4.18. The number of carbonyl (C=O) groups is 3. The van der Waals surface area contributed by atoms with E-state index in [1.807, 2.05) is 0 Å². The molecule has 1 unspecified atom stereocenters. The van der Waals surface area contributed by atoms with Crippen molar-refractivity contribution in [2.75, 3.05) is 0 Å². The lowest BCUT2D eigenvalue weighted by Crippen LogP contribution is -2.53. The Labute approximate surface area is 154 Å². The van der Waals surface area contributed by atoms with Gasteiger partial charge >= 0.3 is 18.0 Å². The van der Waals surface area contributed by atoms with Crippen molar-refractivity contribution in [2.45, 2.75) is 32.9 Å². The van der Waals surface area contributed by atoms with Gasteiger partial charge in [-0.2, -0.15) is 0 Å². The van der Waals surface area contributed by atoms with Crippen LogP contribution in [0.3, 0.4) is 0 Å². The lowest BCUT2D eigenvalue weighted by atomic mass is 9.93. The summed E-state index contributed by atoms with van der Waals surface area (Å²) in [6.07, 6.45) is -0.408. The van der Waals surface area contributed by atoms with Gasteiger partial charge in [-0.15, -0.1) is 0 Å². The molecule has 0 fully saturated rings. The molecule has 7 nitrogen and oxygen atoms in total. The predicted molar refractivity (Wildman–Crippen MR) is 93.1 cm³/mol. The zero-order valence-corrected chi connectivity index (χ0v) is 15.3. The topological polar surface area (TPSA) is 102 Å². The Bertz CT molecular complexity index is 756. The number of esters is 1. The normalized spacial score (nSPS) is 17.6. The number of ether oxygens (including phenoxy) is 1. The van der Waals surface area contributed by atoms with E-state index in [0.717, 1.165) is 0 Å². The van der Waals surface area contributed by atoms with Gasteiger partial charge in [-0.1, -0.05) is 29.3 Å². The van der Waals surface area contributed by atoms with Crippen molar-refractivity contribution < 1.29 is 19.1 Å². The molecule has 3 N–H and O–H groups in total. The number of allylic oxidation sites excluding steroid dienone is 1. The summed E-state index contributed by atoms with van der Waals surface area (Å²) < 4.78 is 5.24. The Morgan fingerprint density at radius 1 is 1.28 bits per heavy atom. The summed E-state index contributed by atoms with van der Waals surface area (Å²) in [5.41, 5.74) is 5.84. The first kappa shape index (κ1) is 19.1. The predicted octanol–water partition coefficient (Wildman–Crippen LogP) is 3.36. The number of carbonyl (C=O) groups excluding carboxylic acids is 3. The minimum absolute atomic E-state index is 0.0297. The molecule has 9 heteroatoms. The number of imide groups is 1. The SMILES string of the molecule is CC1=C(C(=O)OC(C)C)C(c2c(Cl)cccc2Cl)N(C(N)=O)C(=O)N1. The molecule has 0 bridgehead atoms. The van der Waals surface area contributed by atoms with E-state index in [1.54, 1.807) is 19.9 Å². The first-order chi connectivity index (χ1) is 11.6. The summed E-state index contributed by atoms with van der Waals surface area (Å²) >= 11 is 12.5. The maximum atomic E-state index is 12.6. The second-order valence-corrected chi connectivity index (χ2v) is 6.48. The van der Waals surface area contributed by atoms with Crippen molar-refractivity contribution in [3.63, 3.8) is 0 Å². The average molecular weight is 386 g/mol. The third-order valence-electron chi connectivity index (χ3n) is 3.52. The second kappa shape index (κ2) is 7.33. The molecule has 0 aromatic heterocycles. The Hall–Kier alpha value is -2.25. The molecule has 25 heavy (non-hydrogen) atoms. The maximum absolute atomic E-state index is 12.6. The van der Waals surface area contributed by atoms with Crippen LogP contribution in [0.1, 0.15) is 32.4 Å². The number of amides is 4. The van der Waals surface area contributed by atoms with Crippen molar-refractivity contribution in [2.24, 2.45) is 5.73 Å². The highest BCUT2D eigenvalue weighted by molar-refractivity contribution is 6.36. The van der Waals surface area contributed by atoms with Crippen LogP contribution in [0.5, 0.6) is 0 Å². The van der Waals surface area contributed by atoms with Crippen molar-refractivity contribution in [3.05, 3.63) is 45.1 Å². The number of benzene rings is 1. The van der Waals surface area contributed by atoms with E-state index in [0.29, 0.717) is 4.90 Å². The summed E-state index contributed by atoms with van der Waals surface area (Å²) in [5.74, 6) is -0.709. The third kappa shape index (κ3) is 3.72. The maximum Gasteiger partial charge on any atom is 0.338 e. The second-order valence-electron chi connectivity index (χ2n) is 5.67. The molecule has 0 spiro atoms. The molecule has 1 aliphatic rings. The minimum Gasteiger partial charge on any atom is -0.459 e. The van der Waals surface area contributed by atoms with Gasteiger partial charge in [0, 0.05) is 21.3 Å². The number of nitrogens with one attached hydrogen (secondary N) is 1. The largest absolute Gasteiger partial charge is 0.459 e. The minimum atomic E-state index is -1.20.